The molecule has 0 saturated heterocycles. The number of nitrogens with zero attached hydrogens (tertiary/aromatic N) is 1. The summed E-state index contributed by atoms with van der Waals surface area (Å²) in [4.78, 5) is 0. The molecule has 0 spiro atoms. The van der Waals surface area contributed by atoms with E-state index < -0.39 is 0 Å². The molecule has 0 atom stereocenters. The van der Waals surface area contributed by atoms with Crippen molar-refractivity contribution in [2.24, 2.45) is 5.10 Å². The van der Waals surface area contributed by atoms with Crippen molar-refractivity contribution in [3.63, 3.8) is 0 Å². The molecule has 17 heavy (non-hydrogen) atoms. The Kier molecular flexibility index (Phi) is 5.01. The zero-order valence-electron chi connectivity index (χ0n) is 11.4. The molecule has 2 N–H and O–H groups in total. The molecule has 1 aromatic rings. The number of hydrogen-bond acceptors (Lipinski definition) is 3. The van der Waals surface area contributed by atoms with Gasteiger partial charge in [0.15, 0.2) is 0 Å². The summed E-state index contributed by atoms with van der Waals surface area (Å²) in [5, 5.41) is 7.70. The highest BCUT2D eigenvalue weighted by Crippen LogP contribution is 2.11. The van der Waals surface area contributed by atoms with Gasteiger partial charge in [-0.05, 0) is 52.3 Å². The number of benzene rings is 1. The SMILES string of the molecule is C/C(=N\NC(C)C)c1ccc(NC(C)C)cc1. The third-order valence-corrected chi connectivity index (χ3v) is 2.25. The minimum atomic E-state index is 0.367. The third kappa shape index (κ3) is 4.89. The molecular formula is C14H23N3. The van der Waals surface area contributed by atoms with E-state index in [1.807, 2.05) is 6.92 Å². The normalized spacial score (nSPS) is 12.1. The minimum Gasteiger partial charge on any atom is -0.383 e. The first kappa shape index (κ1) is 13.6. The molecular weight excluding hydrogens is 210 g/mol. The van der Waals surface area contributed by atoms with Gasteiger partial charge in [-0.1, -0.05) is 12.1 Å². The Hall–Kier alpha value is -1.51. The van der Waals surface area contributed by atoms with E-state index in [1.165, 1.54) is 0 Å². The Morgan fingerprint density at radius 3 is 2.06 bits per heavy atom. The van der Waals surface area contributed by atoms with Gasteiger partial charge in [0.2, 0.25) is 0 Å². The van der Waals surface area contributed by atoms with E-state index in [0.29, 0.717) is 12.1 Å². The van der Waals surface area contributed by atoms with Crippen LogP contribution in [0.1, 0.15) is 40.2 Å². The highest BCUT2D eigenvalue weighted by molar-refractivity contribution is 5.98. The summed E-state index contributed by atoms with van der Waals surface area (Å²) in [5.41, 5.74) is 6.36. The lowest BCUT2D eigenvalue weighted by molar-refractivity contribution is 0.620. The van der Waals surface area contributed by atoms with Crippen LogP contribution in [-0.2, 0) is 0 Å². The van der Waals surface area contributed by atoms with E-state index in [4.69, 9.17) is 0 Å². The predicted molar refractivity (Wildman–Crippen MR) is 75.7 cm³/mol. The Labute approximate surface area is 104 Å². The van der Waals surface area contributed by atoms with Crippen LogP contribution in [0.4, 0.5) is 5.69 Å². The fourth-order valence-corrected chi connectivity index (χ4v) is 1.43. The first-order chi connectivity index (χ1) is 7.99. The zero-order chi connectivity index (χ0) is 12.8. The van der Waals surface area contributed by atoms with Crippen molar-refractivity contribution in [3.8, 4) is 0 Å². The number of hydrazone groups is 1. The molecule has 0 saturated carbocycles. The van der Waals surface area contributed by atoms with Crippen LogP contribution in [-0.4, -0.2) is 17.8 Å². The van der Waals surface area contributed by atoms with Crippen molar-refractivity contribution < 1.29 is 0 Å². The molecule has 0 radical (unpaired) electrons. The summed E-state index contributed by atoms with van der Waals surface area (Å²) in [5.74, 6) is 0. The summed E-state index contributed by atoms with van der Waals surface area (Å²) in [6.45, 7) is 10.4. The highest BCUT2D eigenvalue weighted by Gasteiger charge is 1.99. The van der Waals surface area contributed by atoms with Gasteiger partial charge in [-0.25, -0.2) is 0 Å². The van der Waals surface area contributed by atoms with Crippen molar-refractivity contribution in [3.05, 3.63) is 29.8 Å². The molecule has 0 aliphatic heterocycles. The van der Waals surface area contributed by atoms with Gasteiger partial charge in [-0.15, -0.1) is 0 Å². The molecule has 0 unspecified atom stereocenters. The molecule has 3 heteroatoms. The zero-order valence-corrected chi connectivity index (χ0v) is 11.4. The van der Waals surface area contributed by atoms with Crippen LogP contribution in [0, 0.1) is 0 Å². The lowest BCUT2D eigenvalue weighted by Crippen LogP contribution is -2.18. The van der Waals surface area contributed by atoms with Crippen LogP contribution in [0.3, 0.4) is 0 Å². The van der Waals surface area contributed by atoms with Crippen LogP contribution in [0.2, 0.25) is 0 Å². The molecule has 3 nitrogen and oxygen atoms in total. The number of anilines is 1. The Morgan fingerprint density at radius 1 is 1.00 bits per heavy atom. The van der Waals surface area contributed by atoms with Gasteiger partial charge in [-0.2, -0.15) is 5.10 Å². The summed E-state index contributed by atoms with van der Waals surface area (Å²) < 4.78 is 0. The van der Waals surface area contributed by atoms with Crippen LogP contribution in [0.15, 0.2) is 29.4 Å². The molecule has 0 aliphatic rings. The second-order valence-electron chi connectivity index (χ2n) is 4.86. The Balaban J connectivity index is 2.70. The monoisotopic (exact) mass is 233 g/mol. The van der Waals surface area contributed by atoms with E-state index in [-0.39, 0.29) is 0 Å². The first-order valence-corrected chi connectivity index (χ1v) is 6.16. The van der Waals surface area contributed by atoms with Crippen LogP contribution in [0.5, 0.6) is 0 Å². The van der Waals surface area contributed by atoms with Crippen molar-refractivity contribution in [1.29, 1.82) is 0 Å². The molecule has 0 amide bonds. The molecule has 0 bridgehead atoms. The quantitative estimate of drug-likeness (QED) is 0.605. The summed E-state index contributed by atoms with van der Waals surface area (Å²) in [7, 11) is 0. The Morgan fingerprint density at radius 2 is 1.59 bits per heavy atom. The number of hydrogen-bond donors (Lipinski definition) is 2. The van der Waals surface area contributed by atoms with Crippen LogP contribution < -0.4 is 10.7 Å². The van der Waals surface area contributed by atoms with E-state index in [2.05, 4.69) is 67.8 Å². The van der Waals surface area contributed by atoms with E-state index in [0.717, 1.165) is 17.0 Å². The van der Waals surface area contributed by atoms with Gasteiger partial charge >= 0.3 is 0 Å². The van der Waals surface area contributed by atoms with Gasteiger partial charge in [-0.3, -0.25) is 0 Å². The minimum absolute atomic E-state index is 0.367. The second-order valence-corrected chi connectivity index (χ2v) is 4.86. The average Bonchev–Trinajstić information content (AvgIpc) is 2.26. The fraction of sp³-hybridized carbons (Fsp3) is 0.500. The van der Waals surface area contributed by atoms with Crippen molar-refractivity contribution in [1.82, 2.24) is 5.43 Å². The van der Waals surface area contributed by atoms with Gasteiger partial charge in [0, 0.05) is 17.8 Å². The molecule has 0 aliphatic carbocycles. The smallest absolute Gasteiger partial charge is 0.0644 e. The maximum absolute atomic E-state index is 4.33. The van der Waals surface area contributed by atoms with Gasteiger partial charge in [0.25, 0.3) is 0 Å². The lowest BCUT2D eigenvalue weighted by atomic mass is 10.1. The van der Waals surface area contributed by atoms with Crippen molar-refractivity contribution >= 4 is 11.4 Å². The topological polar surface area (TPSA) is 36.4 Å². The molecule has 1 aromatic carbocycles. The van der Waals surface area contributed by atoms with Crippen molar-refractivity contribution in [2.45, 2.75) is 46.7 Å². The van der Waals surface area contributed by atoms with Crippen molar-refractivity contribution in [2.75, 3.05) is 5.32 Å². The average molecular weight is 233 g/mol. The third-order valence-electron chi connectivity index (χ3n) is 2.25. The van der Waals surface area contributed by atoms with Crippen LogP contribution >= 0.6 is 0 Å². The maximum Gasteiger partial charge on any atom is 0.0644 e. The molecule has 1 rings (SSSR count). The van der Waals surface area contributed by atoms with E-state index in [1.54, 1.807) is 0 Å². The second kappa shape index (κ2) is 6.28. The summed E-state index contributed by atoms with van der Waals surface area (Å²) in [6.07, 6.45) is 0. The largest absolute Gasteiger partial charge is 0.383 e. The fourth-order valence-electron chi connectivity index (χ4n) is 1.43. The summed E-state index contributed by atoms with van der Waals surface area (Å²) >= 11 is 0. The van der Waals surface area contributed by atoms with E-state index in [9.17, 15) is 0 Å². The van der Waals surface area contributed by atoms with Gasteiger partial charge in [0.05, 0.1) is 5.71 Å². The maximum atomic E-state index is 4.33. The lowest BCUT2D eigenvalue weighted by Gasteiger charge is -2.11. The molecule has 0 aromatic heterocycles. The molecule has 0 fully saturated rings. The van der Waals surface area contributed by atoms with Crippen LogP contribution in [0.25, 0.3) is 0 Å². The summed E-state index contributed by atoms with van der Waals surface area (Å²) in [6, 6.07) is 9.18. The number of rotatable bonds is 5. The highest BCUT2D eigenvalue weighted by atomic mass is 15.3. The first-order valence-electron chi connectivity index (χ1n) is 6.16. The van der Waals surface area contributed by atoms with E-state index >= 15 is 0 Å². The predicted octanol–water partition coefficient (Wildman–Crippen LogP) is 3.23. The number of nitrogens with one attached hydrogen (secondary N) is 2. The Bertz CT molecular complexity index is 364. The molecule has 0 heterocycles. The standard InChI is InChI=1S/C14H23N3/c1-10(2)15-14-8-6-13(7-9-14)12(5)17-16-11(3)4/h6-11,15-16H,1-5H3/b17-12+. The molecule has 94 valence electrons. The van der Waals surface area contributed by atoms with Gasteiger partial charge in [0.1, 0.15) is 0 Å². The van der Waals surface area contributed by atoms with Gasteiger partial charge < -0.3 is 10.7 Å².